The van der Waals surface area contributed by atoms with Crippen molar-refractivity contribution in [3.63, 3.8) is 0 Å². The summed E-state index contributed by atoms with van der Waals surface area (Å²) < 4.78 is 5.40. The SMILES string of the molecule is CC[C@@H](C)c1ccc(OCC(=O)N/N=C/c2cc([N+](=O)[O-])cc(C)c2[O-])cc1. The largest absolute Gasteiger partial charge is 0.872 e. The van der Waals surface area contributed by atoms with Crippen LogP contribution in [0, 0.1) is 17.0 Å². The number of rotatable bonds is 8. The number of hydrogen-bond acceptors (Lipinski definition) is 6. The quantitative estimate of drug-likeness (QED) is 0.426. The smallest absolute Gasteiger partial charge is 0.277 e. The second kappa shape index (κ2) is 9.50. The molecule has 0 fully saturated rings. The Kier molecular flexibility index (Phi) is 7.08. The van der Waals surface area contributed by atoms with Crippen LogP contribution in [0.5, 0.6) is 11.5 Å². The molecular weight excluding hydrogens is 362 g/mol. The number of carbonyl (C=O) groups excluding carboxylic acids is 1. The number of non-ortho nitro benzene ring substituents is 1. The summed E-state index contributed by atoms with van der Waals surface area (Å²) in [7, 11) is 0. The summed E-state index contributed by atoms with van der Waals surface area (Å²) >= 11 is 0. The van der Waals surface area contributed by atoms with Crippen molar-refractivity contribution in [2.75, 3.05) is 6.61 Å². The molecule has 0 radical (unpaired) electrons. The Labute approximate surface area is 163 Å². The fourth-order valence-electron chi connectivity index (χ4n) is 2.47. The molecule has 0 aromatic heterocycles. The van der Waals surface area contributed by atoms with Crippen molar-refractivity contribution in [3.05, 3.63) is 63.2 Å². The molecule has 0 bridgehead atoms. The van der Waals surface area contributed by atoms with E-state index in [9.17, 15) is 20.0 Å². The molecule has 0 saturated heterocycles. The molecule has 148 valence electrons. The van der Waals surface area contributed by atoms with Crippen LogP contribution in [0.25, 0.3) is 0 Å². The molecule has 0 heterocycles. The van der Waals surface area contributed by atoms with Crippen LogP contribution in [-0.2, 0) is 4.79 Å². The number of hydrogen-bond donors (Lipinski definition) is 1. The van der Waals surface area contributed by atoms with Crippen LogP contribution in [0.15, 0.2) is 41.5 Å². The minimum atomic E-state index is -0.595. The van der Waals surface area contributed by atoms with Gasteiger partial charge in [-0.1, -0.05) is 37.3 Å². The molecule has 0 aliphatic carbocycles. The number of hydrazone groups is 1. The summed E-state index contributed by atoms with van der Waals surface area (Å²) in [6, 6.07) is 9.82. The van der Waals surface area contributed by atoms with E-state index in [0.717, 1.165) is 18.7 Å². The second-order valence-corrected chi connectivity index (χ2v) is 6.40. The van der Waals surface area contributed by atoms with Gasteiger partial charge in [-0.05, 0) is 42.5 Å². The lowest BCUT2D eigenvalue weighted by atomic mass is 9.99. The molecule has 2 aromatic rings. The molecule has 2 rings (SSSR count). The van der Waals surface area contributed by atoms with Crippen LogP contribution in [0.2, 0.25) is 0 Å². The van der Waals surface area contributed by atoms with Gasteiger partial charge in [0.25, 0.3) is 11.6 Å². The topological polar surface area (TPSA) is 117 Å². The molecular formula is C20H22N3O5-. The number of amides is 1. The Hall–Kier alpha value is -3.42. The normalized spacial score (nSPS) is 12.0. The maximum Gasteiger partial charge on any atom is 0.277 e. The van der Waals surface area contributed by atoms with Crippen LogP contribution < -0.4 is 15.3 Å². The zero-order valence-electron chi connectivity index (χ0n) is 16.0. The highest BCUT2D eigenvalue weighted by atomic mass is 16.6. The zero-order valence-corrected chi connectivity index (χ0v) is 16.0. The first-order valence-corrected chi connectivity index (χ1v) is 8.82. The molecule has 1 amide bonds. The molecule has 2 aromatic carbocycles. The number of aryl methyl sites for hydroxylation is 1. The lowest BCUT2D eigenvalue weighted by Gasteiger charge is -2.13. The Morgan fingerprint density at radius 2 is 2.00 bits per heavy atom. The fourth-order valence-corrected chi connectivity index (χ4v) is 2.47. The number of benzene rings is 2. The average molecular weight is 384 g/mol. The molecule has 0 spiro atoms. The minimum Gasteiger partial charge on any atom is -0.872 e. The van der Waals surface area contributed by atoms with Crippen LogP contribution in [-0.4, -0.2) is 23.7 Å². The van der Waals surface area contributed by atoms with Gasteiger partial charge in [0.1, 0.15) is 5.75 Å². The van der Waals surface area contributed by atoms with E-state index in [1.54, 1.807) is 12.1 Å². The second-order valence-electron chi connectivity index (χ2n) is 6.40. The summed E-state index contributed by atoms with van der Waals surface area (Å²) in [6.07, 6.45) is 2.12. The number of carbonyl (C=O) groups is 1. The van der Waals surface area contributed by atoms with Crippen molar-refractivity contribution in [3.8, 4) is 11.5 Å². The number of nitro benzene ring substituents is 1. The minimum absolute atomic E-state index is 0.0218. The van der Waals surface area contributed by atoms with Crippen LogP contribution >= 0.6 is 0 Å². The van der Waals surface area contributed by atoms with E-state index in [2.05, 4.69) is 24.4 Å². The summed E-state index contributed by atoms with van der Waals surface area (Å²) in [4.78, 5) is 22.1. The lowest BCUT2D eigenvalue weighted by Crippen LogP contribution is -2.24. The Bertz CT molecular complexity index is 878. The van der Waals surface area contributed by atoms with Gasteiger partial charge >= 0.3 is 0 Å². The molecule has 1 N–H and O–H groups in total. The van der Waals surface area contributed by atoms with Gasteiger partial charge in [0.05, 0.1) is 11.1 Å². The first-order valence-electron chi connectivity index (χ1n) is 8.82. The third-order valence-electron chi connectivity index (χ3n) is 4.32. The molecule has 0 saturated carbocycles. The summed E-state index contributed by atoms with van der Waals surface area (Å²) in [5.74, 6) is 0.107. The zero-order chi connectivity index (χ0) is 20.7. The highest BCUT2D eigenvalue weighted by Crippen LogP contribution is 2.24. The average Bonchev–Trinajstić information content (AvgIpc) is 2.69. The predicted octanol–water partition coefficient (Wildman–Crippen LogP) is 3.02. The lowest BCUT2D eigenvalue weighted by molar-refractivity contribution is -0.385. The number of ether oxygens (including phenoxy) is 1. The Morgan fingerprint density at radius 1 is 1.32 bits per heavy atom. The van der Waals surface area contributed by atoms with Gasteiger partial charge in [0, 0.05) is 12.1 Å². The molecule has 1 atom stereocenters. The third kappa shape index (κ3) is 5.54. The van der Waals surface area contributed by atoms with Crippen molar-refractivity contribution in [1.29, 1.82) is 0 Å². The Balaban J connectivity index is 1.91. The molecule has 0 aliphatic rings. The van der Waals surface area contributed by atoms with Gasteiger partial charge in [-0.15, -0.1) is 0 Å². The first-order chi connectivity index (χ1) is 13.3. The number of nitro groups is 1. The van der Waals surface area contributed by atoms with Crippen molar-refractivity contribution in [2.24, 2.45) is 5.10 Å². The van der Waals surface area contributed by atoms with Crippen LogP contribution in [0.1, 0.15) is 42.9 Å². The van der Waals surface area contributed by atoms with Gasteiger partial charge in [0.15, 0.2) is 6.61 Å². The summed E-state index contributed by atoms with van der Waals surface area (Å²) in [5, 5.41) is 26.5. The summed E-state index contributed by atoms with van der Waals surface area (Å²) in [6.45, 7) is 5.48. The van der Waals surface area contributed by atoms with Crippen molar-refractivity contribution >= 4 is 17.8 Å². The van der Waals surface area contributed by atoms with Crippen molar-refractivity contribution < 1.29 is 19.6 Å². The van der Waals surface area contributed by atoms with Gasteiger partial charge < -0.3 is 9.84 Å². The number of nitrogens with zero attached hydrogens (tertiary/aromatic N) is 2. The molecule has 0 aliphatic heterocycles. The standard InChI is InChI=1S/C20H23N3O5/c1-4-13(2)15-5-7-18(8-6-15)28-12-19(24)22-21-11-16-10-17(23(26)27)9-14(3)20(16)25/h5-11,13,25H,4,12H2,1-3H3,(H,22,24)/p-1/b21-11+/t13-/m1/s1. The van der Waals surface area contributed by atoms with Crippen LogP contribution in [0.3, 0.4) is 0 Å². The van der Waals surface area contributed by atoms with Crippen molar-refractivity contribution in [1.82, 2.24) is 5.43 Å². The van der Waals surface area contributed by atoms with Gasteiger partial charge in [-0.2, -0.15) is 5.10 Å². The van der Waals surface area contributed by atoms with Gasteiger partial charge in [-0.25, -0.2) is 5.43 Å². The Morgan fingerprint density at radius 3 is 2.61 bits per heavy atom. The highest BCUT2D eigenvalue weighted by Gasteiger charge is 2.09. The van der Waals surface area contributed by atoms with E-state index in [1.807, 2.05) is 12.1 Å². The molecule has 28 heavy (non-hydrogen) atoms. The molecule has 0 unspecified atom stereocenters. The first kappa shape index (κ1) is 20.9. The molecule has 8 heteroatoms. The monoisotopic (exact) mass is 384 g/mol. The maximum absolute atomic E-state index is 12.0. The van der Waals surface area contributed by atoms with Gasteiger partial charge in [-0.3, -0.25) is 14.9 Å². The van der Waals surface area contributed by atoms with E-state index < -0.39 is 10.8 Å². The third-order valence-corrected chi connectivity index (χ3v) is 4.32. The number of nitrogens with one attached hydrogen (secondary N) is 1. The predicted molar refractivity (Wildman–Crippen MR) is 104 cm³/mol. The van der Waals surface area contributed by atoms with Gasteiger partial charge in [0.2, 0.25) is 0 Å². The van der Waals surface area contributed by atoms with E-state index in [0.29, 0.717) is 11.7 Å². The van der Waals surface area contributed by atoms with E-state index in [1.165, 1.54) is 18.6 Å². The highest BCUT2D eigenvalue weighted by molar-refractivity contribution is 5.86. The van der Waals surface area contributed by atoms with E-state index in [4.69, 9.17) is 4.74 Å². The molecule has 8 nitrogen and oxygen atoms in total. The maximum atomic E-state index is 12.0. The van der Waals surface area contributed by atoms with E-state index >= 15 is 0 Å². The summed E-state index contributed by atoms with van der Waals surface area (Å²) in [5.41, 5.74) is 3.47. The van der Waals surface area contributed by atoms with Crippen LogP contribution in [0.4, 0.5) is 5.69 Å². The van der Waals surface area contributed by atoms with Crippen molar-refractivity contribution in [2.45, 2.75) is 33.1 Å². The van der Waals surface area contributed by atoms with E-state index in [-0.39, 0.29) is 29.2 Å². The fraction of sp³-hybridized carbons (Fsp3) is 0.300.